The Labute approximate surface area is 115 Å². The molecular formula is C12H8F2N4OS. The van der Waals surface area contributed by atoms with Crippen LogP contribution in [0.4, 0.5) is 14.7 Å². The normalized spacial score (nSPS) is 10.9. The minimum atomic E-state index is -1.08. The zero-order valence-electron chi connectivity index (χ0n) is 10.2. The van der Waals surface area contributed by atoms with E-state index in [4.69, 9.17) is 0 Å². The number of nitrogens with one attached hydrogen (secondary N) is 1. The minimum absolute atomic E-state index is 0.00113. The number of hydrogen-bond acceptors (Lipinski definition) is 4. The molecule has 0 saturated heterocycles. The SMILES string of the molecule is Cc1csc2nc(NC(=O)c3ccc(F)c(F)c3)nn12. The predicted molar refractivity (Wildman–Crippen MR) is 69.9 cm³/mol. The number of rotatable bonds is 2. The third-order valence-corrected chi connectivity index (χ3v) is 3.59. The van der Waals surface area contributed by atoms with Gasteiger partial charge in [-0.15, -0.1) is 16.4 Å². The topological polar surface area (TPSA) is 59.3 Å². The van der Waals surface area contributed by atoms with Crippen LogP contribution < -0.4 is 5.32 Å². The number of nitrogens with zero attached hydrogens (tertiary/aromatic N) is 3. The molecule has 102 valence electrons. The zero-order chi connectivity index (χ0) is 14.3. The van der Waals surface area contributed by atoms with E-state index in [1.54, 1.807) is 4.52 Å². The van der Waals surface area contributed by atoms with Crippen LogP contribution in [0.25, 0.3) is 4.96 Å². The van der Waals surface area contributed by atoms with Crippen molar-refractivity contribution < 1.29 is 13.6 Å². The molecule has 0 fully saturated rings. The number of anilines is 1. The van der Waals surface area contributed by atoms with E-state index in [1.165, 1.54) is 17.4 Å². The number of halogens is 2. The van der Waals surface area contributed by atoms with Gasteiger partial charge in [-0.2, -0.15) is 4.98 Å². The highest BCUT2D eigenvalue weighted by atomic mass is 32.1. The number of benzene rings is 1. The lowest BCUT2D eigenvalue weighted by molar-refractivity contribution is 0.102. The van der Waals surface area contributed by atoms with Gasteiger partial charge in [0.1, 0.15) is 0 Å². The molecule has 0 aliphatic heterocycles. The van der Waals surface area contributed by atoms with Crippen LogP contribution in [0, 0.1) is 18.6 Å². The molecule has 0 bridgehead atoms. The van der Waals surface area contributed by atoms with Crippen molar-refractivity contribution in [2.24, 2.45) is 0 Å². The Morgan fingerprint density at radius 1 is 1.35 bits per heavy atom. The maximum Gasteiger partial charge on any atom is 0.258 e. The fourth-order valence-corrected chi connectivity index (χ4v) is 2.46. The monoisotopic (exact) mass is 294 g/mol. The fourth-order valence-electron chi connectivity index (χ4n) is 1.66. The molecule has 0 unspecified atom stereocenters. The summed E-state index contributed by atoms with van der Waals surface area (Å²) in [4.78, 5) is 16.6. The van der Waals surface area contributed by atoms with Crippen molar-refractivity contribution >= 4 is 28.2 Å². The highest BCUT2D eigenvalue weighted by Crippen LogP contribution is 2.16. The molecule has 20 heavy (non-hydrogen) atoms. The van der Waals surface area contributed by atoms with Gasteiger partial charge < -0.3 is 0 Å². The van der Waals surface area contributed by atoms with E-state index >= 15 is 0 Å². The zero-order valence-corrected chi connectivity index (χ0v) is 11.0. The van der Waals surface area contributed by atoms with E-state index in [1.807, 2.05) is 12.3 Å². The molecule has 1 aromatic carbocycles. The minimum Gasteiger partial charge on any atom is -0.289 e. The highest BCUT2D eigenvalue weighted by Gasteiger charge is 2.13. The molecule has 0 radical (unpaired) electrons. The molecule has 2 heterocycles. The summed E-state index contributed by atoms with van der Waals surface area (Å²) in [7, 11) is 0. The Morgan fingerprint density at radius 2 is 2.15 bits per heavy atom. The van der Waals surface area contributed by atoms with Crippen LogP contribution in [0.1, 0.15) is 16.1 Å². The van der Waals surface area contributed by atoms with Gasteiger partial charge in [0.15, 0.2) is 11.6 Å². The standard InChI is InChI=1S/C12H8F2N4OS/c1-6-5-20-12-16-11(17-18(6)12)15-10(19)7-2-3-8(13)9(14)4-7/h2-5H,1H3,(H,15,17,19). The van der Waals surface area contributed by atoms with Crippen LogP contribution in [-0.4, -0.2) is 20.5 Å². The third-order valence-electron chi connectivity index (χ3n) is 2.65. The summed E-state index contributed by atoms with van der Waals surface area (Å²) >= 11 is 1.39. The van der Waals surface area contributed by atoms with Crippen molar-refractivity contribution in [3.05, 3.63) is 46.5 Å². The summed E-state index contributed by atoms with van der Waals surface area (Å²) in [6.45, 7) is 1.86. The fraction of sp³-hybridized carbons (Fsp3) is 0.0833. The van der Waals surface area contributed by atoms with E-state index in [0.717, 1.165) is 17.8 Å². The molecule has 0 aliphatic rings. The molecule has 0 aliphatic carbocycles. The van der Waals surface area contributed by atoms with Crippen molar-refractivity contribution in [2.75, 3.05) is 5.32 Å². The summed E-state index contributed by atoms with van der Waals surface area (Å²) < 4.78 is 27.4. The van der Waals surface area contributed by atoms with Gasteiger partial charge in [-0.05, 0) is 25.1 Å². The van der Waals surface area contributed by atoms with Crippen molar-refractivity contribution in [2.45, 2.75) is 6.92 Å². The second-order valence-corrected chi connectivity index (χ2v) is 4.93. The maximum absolute atomic E-state index is 13.1. The molecule has 3 rings (SSSR count). The number of fused-ring (bicyclic) bond motifs is 1. The second kappa shape index (κ2) is 4.64. The Morgan fingerprint density at radius 3 is 2.85 bits per heavy atom. The summed E-state index contributed by atoms with van der Waals surface area (Å²) in [5.74, 6) is -2.56. The second-order valence-electron chi connectivity index (χ2n) is 4.09. The average Bonchev–Trinajstić information content (AvgIpc) is 2.95. The molecule has 2 aromatic heterocycles. The van der Waals surface area contributed by atoms with E-state index in [2.05, 4.69) is 15.4 Å². The Balaban J connectivity index is 1.86. The number of carbonyl (C=O) groups is 1. The van der Waals surface area contributed by atoms with Gasteiger partial charge in [-0.25, -0.2) is 13.3 Å². The largest absolute Gasteiger partial charge is 0.289 e. The van der Waals surface area contributed by atoms with Gasteiger partial charge in [-0.3, -0.25) is 10.1 Å². The maximum atomic E-state index is 13.1. The Bertz CT molecular complexity index is 811. The number of thiazole rings is 1. The van der Waals surface area contributed by atoms with Crippen LogP contribution in [0.5, 0.6) is 0 Å². The van der Waals surface area contributed by atoms with E-state index in [9.17, 15) is 13.6 Å². The summed E-state index contributed by atoms with van der Waals surface area (Å²) in [6, 6.07) is 2.92. The number of hydrogen-bond donors (Lipinski definition) is 1. The molecule has 8 heteroatoms. The quantitative estimate of drug-likeness (QED) is 0.790. The average molecular weight is 294 g/mol. The van der Waals surface area contributed by atoms with Gasteiger partial charge in [-0.1, -0.05) is 0 Å². The first-order valence-electron chi connectivity index (χ1n) is 5.62. The van der Waals surface area contributed by atoms with Gasteiger partial charge in [0.2, 0.25) is 4.96 Å². The van der Waals surface area contributed by atoms with Crippen LogP contribution in [0.2, 0.25) is 0 Å². The lowest BCUT2D eigenvalue weighted by Crippen LogP contribution is -2.13. The molecule has 1 amide bonds. The molecule has 0 atom stereocenters. The van der Waals surface area contributed by atoms with Gasteiger partial charge in [0, 0.05) is 10.9 Å². The van der Waals surface area contributed by atoms with Gasteiger partial charge in [0.25, 0.3) is 11.9 Å². The van der Waals surface area contributed by atoms with Crippen LogP contribution in [-0.2, 0) is 0 Å². The van der Waals surface area contributed by atoms with Crippen LogP contribution in [0.3, 0.4) is 0 Å². The molecule has 5 nitrogen and oxygen atoms in total. The molecule has 0 spiro atoms. The summed E-state index contributed by atoms with van der Waals surface area (Å²) in [6.07, 6.45) is 0. The molecule has 1 N–H and O–H groups in total. The predicted octanol–water partition coefficient (Wildman–Crippen LogP) is 2.63. The molecule has 3 aromatic rings. The Kier molecular flexibility index (Phi) is 2.94. The van der Waals surface area contributed by atoms with Gasteiger partial charge >= 0.3 is 0 Å². The van der Waals surface area contributed by atoms with Crippen molar-refractivity contribution in [1.82, 2.24) is 14.6 Å². The Hall–Kier alpha value is -2.35. The summed E-state index contributed by atoms with van der Waals surface area (Å²) in [5.41, 5.74) is 0.893. The number of carbonyl (C=O) groups excluding carboxylic acids is 1. The first kappa shape index (κ1) is 12.7. The van der Waals surface area contributed by atoms with E-state index in [-0.39, 0.29) is 11.5 Å². The lowest BCUT2D eigenvalue weighted by atomic mass is 10.2. The molecular weight excluding hydrogens is 286 g/mol. The first-order chi connectivity index (χ1) is 9.54. The lowest BCUT2D eigenvalue weighted by Gasteiger charge is -2.01. The first-order valence-corrected chi connectivity index (χ1v) is 6.50. The van der Waals surface area contributed by atoms with Crippen molar-refractivity contribution in [3.8, 4) is 0 Å². The van der Waals surface area contributed by atoms with Gasteiger partial charge in [0.05, 0.1) is 5.69 Å². The highest BCUT2D eigenvalue weighted by molar-refractivity contribution is 7.15. The van der Waals surface area contributed by atoms with Crippen molar-refractivity contribution in [1.29, 1.82) is 0 Å². The van der Waals surface area contributed by atoms with E-state index in [0.29, 0.717) is 4.96 Å². The van der Waals surface area contributed by atoms with Crippen LogP contribution in [0.15, 0.2) is 23.6 Å². The smallest absolute Gasteiger partial charge is 0.258 e. The van der Waals surface area contributed by atoms with Crippen LogP contribution >= 0.6 is 11.3 Å². The van der Waals surface area contributed by atoms with E-state index < -0.39 is 17.5 Å². The number of aromatic nitrogens is 3. The number of amides is 1. The van der Waals surface area contributed by atoms with Crippen molar-refractivity contribution in [3.63, 3.8) is 0 Å². The summed E-state index contributed by atoms with van der Waals surface area (Å²) in [5, 5.41) is 8.42. The molecule has 0 saturated carbocycles. The third kappa shape index (κ3) is 2.14. The number of aryl methyl sites for hydroxylation is 1.